The van der Waals surface area contributed by atoms with E-state index in [2.05, 4.69) is 51.4 Å². The van der Waals surface area contributed by atoms with E-state index in [1.165, 1.54) is 12.1 Å². The van der Waals surface area contributed by atoms with Gasteiger partial charge in [0.2, 0.25) is 23.6 Å². The van der Waals surface area contributed by atoms with Gasteiger partial charge in [0.05, 0.1) is 49.2 Å². The molecule has 2 atom stereocenters. The Hall–Kier alpha value is -10.3. The van der Waals surface area contributed by atoms with E-state index in [0.717, 1.165) is 48.0 Å². The van der Waals surface area contributed by atoms with E-state index in [1.807, 2.05) is 38.1 Å². The molecule has 0 radical (unpaired) electrons. The number of hydrogen-bond donors (Lipinski definition) is 5. The Balaban J connectivity index is 0.000000197. The molecule has 2 saturated heterocycles. The summed E-state index contributed by atoms with van der Waals surface area (Å²) in [5.41, 5.74) is 3.30. The summed E-state index contributed by atoms with van der Waals surface area (Å²) < 4.78 is 97.6. The van der Waals surface area contributed by atoms with Gasteiger partial charge in [-0.25, -0.2) is 24.6 Å². The van der Waals surface area contributed by atoms with Crippen LogP contribution < -0.4 is 35.5 Å². The molecule has 27 heteroatoms. The first-order chi connectivity index (χ1) is 41.8. The second-order valence-corrected chi connectivity index (χ2v) is 20.1. The fourth-order valence-corrected chi connectivity index (χ4v) is 9.69. The Bertz CT molecular complexity index is 3940. The fourth-order valence-electron chi connectivity index (χ4n) is 9.69. The number of H-pyrrole nitrogens is 1. The number of rotatable bonds is 17. The molecule has 3 aromatic carbocycles. The zero-order chi connectivity index (χ0) is 61.4. The van der Waals surface area contributed by atoms with E-state index < -0.39 is 35.3 Å². The lowest BCUT2D eigenvalue weighted by Crippen LogP contribution is -2.30. The number of anilines is 6. The van der Waals surface area contributed by atoms with Crippen molar-refractivity contribution in [1.82, 2.24) is 49.7 Å². The Kier molecular flexibility index (Phi) is 17.8. The minimum Gasteiger partial charge on any atom is -0.497 e. The maximum Gasteiger partial charge on any atom is 0.416 e. The number of benzene rings is 3. The van der Waals surface area contributed by atoms with E-state index >= 15 is 0 Å². The average molecular weight is 1200 g/mol. The molecule has 9 aromatic rings. The molecule has 4 amide bonds. The van der Waals surface area contributed by atoms with Gasteiger partial charge in [-0.3, -0.25) is 24.3 Å². The maximum atomic E-state index is 13.1. The highest BCUT2D eigenvalue weighted by Crippen LogP contribution is 2.37. The number of ether oxygens (including phenoxy) is 3. The van der Waals surface area contributed by atoms with Crippen molar-refractivity contribution in [3.63, 3.8) is 0 Å². The molecule has 11 rings (SSSR count). The minimum absolute atomic E-state index is 0.0724. The van der Waals surface area contributed by atoms with E-state index in [4.69, 9.17) is 19.3 Å². The van der Waals surface area contributed by atoms with Crippen molar-refractivity contribution in [2.24, 2.45) is 0 Å². The molecular formula is C60H56F6N14O7. The molecule has 450 valence electrons. The molecule has 87 heavy (non-hydrogen) atoms. The highest BCUT2D eigenvalue weighted by atomic mass is 19.4. The molecular weight excluding hydrogens is 1140 g/mol. The van der Waals surface area contributed by atoms with Crippen LogP contribution in [0.2, 0.25) is 0 Å². The van der Waals surface area contributed by atoms with Crippen LogP contribution in [0.3, 0.4) is 0 Å². The molecule has 0 spiro atoms. The molecule has 2 aliphatic heterocycles. The third kappa shape index (κ3) is 14.4. The molecule has 0 unspecified atom stereocenters. The van der Waals surface area contributed by atoms with Crippen LogP contribution in [0.25, 0.3) is 22.1 Å². The number of likely N-dealkylation sites (tertiary alicyclic amines) is 2. The van der Waals surface area contributed by atoms with Gasteiger partial charge in [-0.15, -0.1) is 10.2 Å². The van der Waals surface area contributed by atoms with E-state index in [1.54, 1.807) is 82.5 Å². The van der Waals surface area contributed by atoms with E-state index in [-0.39, 0.29) is 46.8 Å². The summed E-state index contributed by atoms with van der Waals surface area (Å²) in [6.07, 6.45) is -2.07. The van der Waals surface area contributed by atoms with Crippen molar-refractivity contribution in [2.45, 2.75) is 70.6 Å². The van der Waals surface area contributed by atoms with Gasteiger partial charge in [-0.05, 0) is 103 Å². The third-order valence-corrected chi connectivity index (χ3v) is 14.2. The number of carbonyl (C=O) groups is 4. The van der Waals surface area contributed by atoms with Crippen molar-refractivity contribution < 1.29 is 59.7 Å². The van der Waals surface area contributed by atoms with Crippen LogP contribution in [0.15, 0.2) is 134 Å². The van der Waals surface area contributed by atoms with Crippen LogP contribution in [-0.4, -0.2) is 119 Å². The molecule has 0 saturated carbocycles. The first-order valence-corrected chi connectivity index (χ1v) is 27.5. The van der Waals surface area contributed by atoms with Crippen LogP contribution in [0.4, 0.5) is 60.7 Å². The molecule has 5 N–H and O–H groups in total. The first kappa shape index (κ1) is 59.8. The molecule has 2 fully saturated rings. The van der Waals surface area contributed by atoms with E-state index in [9.17, 15) is 45.5 Å². The van der Waals surface area contributed by atoms with Crippen molar-refractivity contribution in [3.8, 4) is 17.5 Å². The Labute approximate surface area is 492 Å². The van der Waals surface area contributed by atoms with Crippen LogP contribution in [0.1, 0.15) is 76.9 Å². The SMILES string of the molecule is CCC(=O)N1CC[C@@H](Oc2n[nH]c3nccc(Nc4ccc(C(=O)Nc5cc(C(F)(F)F)ccn5)cc4)c23)C1.CCC(=O)N1CC[C@@H](Oc2nn(Cc3ccc(OC)cc3)c3nccc(Nc4ccc(C(=O)Nc5cc(C(F)(F)F)ccn5)cc4)c23)C1. The van der Waals surface area contributed by atoms with Crippen molar-refractivity contribution in [2.75, 3.05) is 54.6 Å². The molecule has 8 heterocycles. The maximum absolute atomic E-state index is 13.1. The minimum atomic E-state index is -4.56. The smallest absolute Gasteiger partial charge is 0.416 e. The highest BCUT2D eigenvalue weighted by molar-refractivity contribution is 6.05. The summed E-state index contributed by atoms with van der Waals surface area (Å²) in [4.78, 5) is 69.7. The van der Waals surface area contributed by atoms with Gasteiger partial charge < -0.3 is 45.3 Å². The summed E-state index contributed by atoms with van der Waals surface area (Å²) >= 11 is 0. The molecule has 0 bridgehead atoms. The van der Waals surface area contributed by atoms with Crippen LogP contribution >= 0.6 is 0 Å². The quantitative estimate of drug-likeness (QED) is 0.0532. The third-order valence-electron chi connectivity index (χ3n) is 14.2. The van der Waals surface area contributed by atoms with Gasteiger partial charge in [-0.1, -0.05) is 26.0 Å². The van der Waals surface area contributed by atoms with E-state index in [0.29, 0.717) is 115 Å². The number of pyridine rings is 4. The molecule has 6 aromatic heterocycles. The summed E-state index contributed by atoms with van der Waals surface area (Å²) in [7, 11) is 1.61. The van der Waals surface area contributed by atoms with Gasteiger partial charge in [0, 0.05) is 86.1 Å². The second-order valence-electron chi connectivity index (χ2n) is 20.1. The number of alkyl halides is 6. The number of amides is 4. The standard InChI is InChI=1S/C34H32F3N7O4.C26H24F3N7O3/c1-3-29(45)43-17-14-26(20-43)48-33-30-27(13-16-39-31(30)44(42-33)19-21-4-10-25(47-2)11-5-21)40-24-8-6-22(7-9-24)32(46)41-28-18-23(12-15-38-28)34(35,36)37;1-2-21(37)36-12-9-18(14-36)39-25-22-19(8-11-31-23(22)34-35-25)32-17-5-3-15(4-6-17)24(38)33-20-13-16(7-10-30-20)26(27,28)29/h4-13,15-16,18,26H,3,14,17,19-20H2,1-2H3,(H,39,40)(H,38,41,46);3-8,10-11,13,18H,2,9,12,14H2,1H3,(H,30,33,38)(H2,31,32,34,35)/t26-;18-/m11/s1. The highest BCUT2D eigenvalue weighted by Gasteiger charge is 2.33. The predicted molar refractivity (Wildman–Crippen MR) is 309 cm³/mol. The number of halogens is 6. The topological polar surface area (TPSA) is 249 Å². The molecule has 2 aliphatic rings. The largest absolute Gasteiger partial charge is 0.497 e. The number of methoxy groups -OCH3 is 1. The van der Waals surface area contributed by atoms with Gasteiger partial charge in [-0.2, -0.15) is 26.3 Å². The van der Waals surface area contributed by atoms with Crippen LogP contribution in [0.5, 0.6) is 17.5 Å². The van der Waals surface area contributed by atoms with Crippen molar-refractivity contribution in [1.29, 1.82) is 0 Å². The number of hydrogen-bond acceptors (Lipinski definition) is 15. The summed E-state index contributed by atoms with van der Waals surface area (Å²) in [5, 5.41) is 24.6. The number of fused-ring (bicyclic) bond motifs is 2. The summed E-state index contributed by atoms with van der Waals surface area (Å²) in [6.45, 7) is 6.26. The number of nitrogens with zero attached hydrogens (tertiary/aromatic N) is 9. The lowest BCUT2D eigenvalue weighted by Gasteiger charge is -2.16. The molecule has 21 nitrogen and oxygen atoms in total. The average Bonchev–Trinajstić information content (AvgIpc) is 3.28. The lowest BCUT2D eigenvalue weighted by molar-refractivity contribution is -0.138. The number of nitrogens with one attached hydrogen (secondary N) is 5. The van der Waals surface area contributed by atoms with Crippen molar-refractivity contribution in [3.05, 3.63) is 162 Å². The fraction of sp³-hybridized carbons (Fsp3) is 0.267. The number of aromatic nitrogens is 8. The summed E-state index contributed by atoms with van der Waals surface area (Å²) in [6, 6.07) is 27.2. The van der Waals surface area contributed by atoms with Crippen LogP contribution in [0, 0.1) is 0 Å². The Morgan fingerprint density at radius 2 is 1.08 bits per heavy atom. The number of carbonyl (C=O) groups excluding carboxylic acids is 4. The van der Waals surface area contributed by atoms with Gasteiger partial charge >= 0.3 is 12.4 Å². The number of aromatic amines is 1. The van der Waals surface area contributed by atoms with Gasteiger partial charge in [0.1, 0.15) is 40.4 Å². The first-order valence-electron chi connectivity index (χ1n) is 27.5. The molecule has 0 aliphatic carbocycles. The normalized spacial score (nSPS) is 15.0. The van der Waals surface area contributed by atoms with Crippen molar-refractivity contribution >= 4 is 80.1 Å². The summed E-state index contributed by atoms with van der Waals surface area (Å²) in [5.74, 6) is 0.00698. The zero-order valence-corrected chi connectivity index (χ0v) is 46.9. The Morgan fingerprint density at radius 1 is 0.598 bits per heavy atom. The van der Waals surface area contributed by atoms with Gasteiger partial charge in [0.25, 0.3) is 11.8 Å². The predicted octanol–water partition coefficient (Wildman–Crippen LogP) is 11.0. The zero-order valence-electron chi connectivity index (χ0n) is 46.9. The monoisotopic (exact) mass is 1200 g/mol. The van der Waals surface area contributed by atoms with Gasteiger partial charge in [0.15, 0.2) is 11.3 Å². The van der Waals surface area contributed by atoms with Crippen LogP contribution in [-0.2, 0) is 28.5 Å². The second kappa shape index (κ2) is 25.9. The lowest BCUT2D eigenvalue weighted by atomic mass is 10.1. The Morgan fingerprint density at radius 3 is 1.57 bits per heavy atom.